The lowest BCUT2D eigenvalue weighted by Gasteiger charge is -2.09. The van der Waals surface area contributed by atoms with E-state index in [0.29, 0.717) is 25.1 Å². The van der Waals surface area contributed by atoms with Gasteiger partial charge in [0.25, 0.3) is 0 Å². The van der Waals surface area contributed by atoms with Gasteiger partial charge in [-0.05, 0) is 25.5 Å². The molecular weight excluding hydrogens is 219 g/mol. The number of nitrogens with zero attached hydrogens (tertiary/aromatic N) is 1. The number of hydrogen-bond acceptors (Lipinski definition) is 3. The Morgan fingerprint density at radius 2 is 2.29 bits per heavy atom. The Balaban J connectivity index is 2.45. The van der Waals surface area contributed by atoms with Crippen molar-refractivity contribution in [3.8, 4) is 6.07 Å². The molecule has 4 heteroatoms. The molecule has 1 aromatic carbocycles. The minimum absolute atomic E-state index is 0.0675. The normalized spacial score (nSPS) is 12.1. The monoisotopic (exact) mass is 236 g/mol. The van der Waals surface area contributed by atoms with Crippen molar-refractivity contribution in [2.75, 3.05) is 6.54 Å². The van der Waals surface area contributed by atoms with Crippen molar-refractivity contribution < 1.29 is 9.50 Å². The quantitative estimate of drug-likeness (QED) is 0.742. The molecular formula is C13H17FN2O. The summed E-state index contributed by atoms with van der Waals surface area (Å²) in [6.07, 6.45) is 1.06. The highest BCUT2D eigenvalue weighted by Crippen LogP contribution is 2.11. The third-order valence-electron chi connectivity index (χ3n) is 2.64. The third kappa shape index (κ3) is 4.14. The summed E-state index contributed by atoms with van der Waals surface area (Å²) in [6.45, 7) is 2.92. The van der Waals surface area contributed by atoms with Gasteiger partial charge in [0.15, 0.2) is 0 Å². The number of rotatable bonds is 6. The fourth-order valence-corrected chi connectivity index (χ4v) is 1.50. The maximum absolute atomic E-state index is 13.6. The Hall–Kier alpha value is -1.44. The van der Waals surface area contributed by atoms with E-state index < -0.39 is 5.82 Å². The number of hydrogen-bond donors (Lipinski definition) is 2. The van der Waals surface area contributed by atoms with E-state index in [2.05, 4.69) is 5.32 Å². The number of halogens is 1. The minimum Gasteiger partial charge on any atom is -0.393 e. The fourth-order valence-electron chi connectivity index (χ4n) is 1.50. The second kappa shape index (κ2) is 7.00. The van der Waals surface area contributed by atoms with Crippen molar-refractivity contribution in [1.82, 2.24) is 5.32 Å². The van der Waals surface area contributed by atoms with Gasteiger partial charge in [0, 0.05) is 12.1 Å². The number of nitriles is 1. The molecule has 0 amide bonds. The van der Waals surface area contributed by atoms with E-state index in [1.54, 1.807) is 12.1 Å². The topological polar surface area (TPSA) is 56.0 Å². The van der Waals surface area contributed by atoms with Crippen LogP contribution in [-0.2, 0) is 6.54 Å². The molecule has 1 atom stereocenters. The number of aliphatic hydroxyl groups excluding tert-OH is 1. The molecule has 2 N–H and O–H groups in total. The molecule has 0 aliphatic heterocycles. The van der Waals surface area contributed by atoms with Crippen LogP contribution in [0.15, 0.2) is 18.2 Å². The smallest absolute Gasteiger partial charge is 0.145 e. The van der Waals surface area contributed by atoms with Crippen molar-refractivity contribution in [3.63, 3.8) is 0 Å². The van der Waals surface area contributed by atoms with E-state index in [9.17, 15) is 9.50 Å². The van der Waals surface area contributed by atoms with Crippen molar-refractivity contribution in [3.05, 3.63) is 35.1 Å². The maximum Gasteiger partial charge on any atom is 0.145 e. The van der Waals surface area contributed by atoms with E-state index >= 15 is 0 Å². The van der Waals surface area contributed by atoms with Crippen LogP contribution in [0, 0.1) is 17.1 Å². The molecule has 17 heavy (non-hydrogen) atoms. The Kier molecular flexibility index (Phi) is 5.61. The zero-order valence-electron chi connectivity index (χ0n) is 9.91. The lowest BCUT2D eigenvalue weighted by molar-refractivity contribution is 0.159. The summed E-state index contributed by atoms with van der Waals surface area (Å²) >= 11 is 0. The van der Waals surface area contributed by atoms with Gasteiger partial charge in [-0.25, -0.2) is 4.39 Å². The van der Waals surface area contributed by atoms with Crippen molar-refractivity contribution in [1.29, 1.82) is 5.26 Å². The number of benzene rings is 1. The van der Waals surface area contributed by atoms with Gasteiger partial charge in [0.2, 0.25) is 0 Å². The van der Waals surface area contributed by atoms with Crippen LogP contribution in [0.5, 0.6) is 0 Å². The summed E-state index contributed by atoms with van der Waals surface area (Å²) in [5, 5.41) is 21.1. The summed E-state index contributed by atoms with van der Waals surface area (Å²) in [6, 6.07) is 6.59. The molecule has 1 rings (SSSR count). The summed E-state index contributed by atoms with van der Waals surface area (Å²) in [7, 11) is 0. The van der Waals surface area contributed by atoms with Gasteiger partial charge in [-0.2, -0.15) is 5.26 Å². The van der Waals surface area contributed by atoms with Crippen LogP contribution in [0.25, 0.3) is 0 Å². The Labute approximate surface area is 101 Å². The molecule has 1 unspecified atom stereocenters. The molecule has 0 heterocycles. The molecule has 0 saturated heterocycles. The van der Waals surface area contributed by atoms with Gasteiger partial charge >= 0.3 is 0 Å². The van der Waals surface area contributed by atoms with Gasteiger partial charge in [-0.3, -0.25) is 0 Å². The SMILES string of the molecule is CCC(O)CCNCc1cccc(C#N)c1F. The van der Waals surface area contributed by atoms with Gasteiger partial charge in [0.1, 0.15) is 11.9 Å². The Bertz CT molecular complexity index is 401. The summed E-state index contributed by atoms with van der Waals surface area (Å²) in [4.78, 5) is 0. The molecule has 0 radical (unpaired) electrons. The first kappa shape index (κ1) is 13.6. The molecule has 1 aromatic rings. The highest BCUT2D eigenvalue weighted by atomic mass is 19.1. The lowest BCUT2D eigenvalue weighted by atomic mass is 10.1. The largest absolute Gasteiger partial charge is 0.393 e. The van der Waals surface area contributed by atoms with Crippen molar-refractivity contribution >= 4 is 0 Å². The summed E-state index contributed by atoms with van der Waals surface area (Å²) in [5.74, 6) is -0.460. The minimum atomic E-state index is -0.460. The van der Waals surface area contributed by atoms with E-state index in [1.807, 2.05) is 13.0 Å². The van der Waals surface area contributed by atoms with E-state index in [1.165, 1.54) is 6.07 Å². The van der Waals surface area contributed by atoms with Crippen LogP contribution in [0.3, 0.4) is 0 Å². The van der Waals surface area contributed by atoms with Crippen LogP contribution in [0.1, 0.15) is 30.9 Å². The van der Waals surface area contributed by atoms with Crippen LogP contribution in [-0.4, -0.2) is 17.8 Å². The molecule has 0 aromatic heterocycles. The van der Waals surface area contributed by atoms with E-state index in [0.717, 1.165) is 6.42 Å². The molecule has 0 bridgehead atoms. The first-order valence-corrected chi connectivity index (χ1v) is 5.75. The van der Waals surface area contributed by atoms with Crippen LogP contribution >= 0.6 is 0 Å². The van der Waals surface area contributed by atoms with Crippen molar-refractivity contribution in [2.24, 2.45) is 0 Å². The molecule has 92 valence electrons. The zero-order chi connectivity index (χ0) is 12.7. The van der Waals surface area contributed by atoms with E-state index in [4.69, 9.17) is 5.26 Å². The van der Waals surface area contributed by atoms with Crippen molar-refractivity contribution in [2.45, 2.75) is 32.4 Å². The van der Waals surface area contributed by atoms with Crippen LogP contribution < -0.4 is 5.32 Å². The third-order valence-corrected chi connectivity index (χ3v) is 2.64. The standard InChI is InChI=1S/C13H17FN2O/c1-2-12(17)6-7-16-9-11-5-3-4-10(8-15)13(11)14/h3-5,12,16-17H,2,6-7,9H2,1H3. The van der Waals surface area contributed by atoms with Gasteiger partial charge in [-0.1, -0.05) is 19.1 Å². The summed E-state index contributed by atoms with van der Waals surface area (Å²) in [5.41, 5.74) is 0.549. The molecule has 0 saturated carbocycles. The molecule has 0 aliphatic rings. The molecule has 0 spiro atoms. The zero-order valence-corrected chi connectivity index (χ0v) is 9.91. The Morgan fingerprint density at radius 1 is 1.53 bits per heavy atom. The van der Waals surface area contributed by atoms with E-state index in [-0.39, 0.29) is 11.7 Å². The molecule has 0 aliphatic carbocycles. The lowest BCUT2D eigenvalue weighted by Crippen LogP contribution is -2.20. The molecule has 0 fully saturated rings. The number of aliphatic hydroxyl groups is 1. The van der Waals surface area contributed by atoms with Gasteiger partial charge < -0.3 is 10.4 Å². The van der Waals surface area contributed by atoms with Gasteiger partial charge in [0.05, 0.1) is 11.7 Å². The molecule has 3 nitrogen and oxygen atoms in total. The predicted octanol–water partition coefficient (Wildman–Crippen LogP) is 1.95. The highest BCUT2D eigenvalue weighted by molar-refractivity contribution is 5.34. The second-order valence-corrected chi connectivity index (χ2v) is 3.92. The van der Waals surface area contributed by atoms with Crippen LogP contribution in [0.2, 0.25) is 0 Å². The predicted molar refractivity (Wildman–Crippen MR) is 63.7 cm³/mol. The first-order chi connectivity index (χ1) is 8.19. The summed E-state index contributed by atoms with van der Waals surface area (Å²) < 4.78 is 13.6. The number of nitrogens with one attached hydrogen (secondary N) is 1. The Morgan fingerprint density at radius 3 is 2.94 bits per heavy atom. The highest BCUT2D eigenvalue weighted by Gasteiger charge is 2.07. The maximum atomic E-state index is 13.6. The second-order valence-electron chi connectivity index (χ2n) is 3.92. The fraction of sp³-hybridized carbons (Fsp3) is 0.462. The van der Waals surface area contributed by atoms with Gasteiger partial charge in [-0.15, -0.1) is 0 Å². The average molecular weight is 236 g/mol. The van der Waals surface area contributed by atoms with Crippen LogP contribution in [0.4, 0.5) is 4.39 Å². The average Bonchev–Trinajstić information content (AvgIpc) is 2.36. The first-order valence-electron chi connectivity index (χ1n) is 5.75.